The molecule has 1 N–H and O–H groups in total. The lowest BCUT2D eigenvalue weighted by atomic mass is 10.3. The van der Waals surface area contributed by atoms with Crippen molar-refractivity contribution in [2.45, 2.75) is 19.6 Å². The Kier molecular flexibility index (Phi) is 7.65. The van der Waals surface area contributed by atoms with Crippen LogP contribution in [-0.4, -0.2) is 32.1 Å². The molecule has 0 radical (unpaired) electrons. The molecule has 1 unspecified atom stereocenters. The first-order valence-electron chi connectivity index (χ1n) is 6.46. The second-order valence-corrected chi connectivity index (χ2v) is 7.20. The number of benzene rings is 1. The highest BCUT2D eigenvalue weighted by Gasteiger charge is 2.42. The summed E-state index contributed by atoms with van der Waals surface area (Å²) in [6.45, 7) is 3.70. The molecule has 1 rings (SSSR count). The Balaban J connectivity index is 3.13. The summed E-state index contributed by atoms with van der Waals surface area (Å²) in [5.74, 6) is -1.90. The lowest BCUT2D eigenvalue weighted by Gasteiger charge is -2.26. The van der Waals surface area contributed by atoms with E-state index in [2.05, 4.69) is 27.9 Å². The van der Waals surface area contributed by atoms with E-state index in [-0.39, 0.29) is 13.2 Å². The molecule has 8 heteroatoms. The van der Waals surface area contributed by atoms with E-state index < -0.39 is 19.3 Å². The highest BCUT2D eigenvalue weighted by atomic mass is 127. The molecule has 0 fully saturated rings. The van der Waals surface area contributed by atoms with Gasteiger partial charge in [0, 0.05) is 9.26 Å². The van der Waals surface area contributed by atoms with Gasteiger partial charge >= 0.3 is 13.6 Å². The van der Waals surface area contributed by atoms with Gasteiger partial charge in [-0.15, -0.1) is 0 Å². The van der Waals surface area contributed by atoms with Crippen LogP contribution in [0.1, 0.15) is 13.8 Å². The van der Waals surface area contributed by atoms with Crippen LogP contribution < -0.4 is 5.32 Å². The zero-order valence-corrected chi connectivity index (χ0v) is 15.2. The van der Waals surface area contributed by atoms with Crippen molar-refractivity contribution in [2.24, 2.45) is 0 Å². The summed E-state index contributed by atoms with van der Waals surface area (Å²) in [6.07, 6.45) is 0. The van der Waals surface area contributed by atoms with E-state index >= 15 is 0 Å². The Hall–Kier alpha value is -0.630. The summed E-state index contributed by atoms with van der Waals surface area (Å²) < 4.78 is 28.9. The lowest BCUT2D eigenvalue weighted by Crippen LogP contribution is -2.32. The largest absolute Gasteiger partial charge is 0.467 e. The van der Waals surface area contributed by atoms with Crippen LogP contribution in [0.5, 0.6) is 0 Å². The van der Waals surface area contributed by atoms with Crippen LogP contribution in [0.3, 0.4) is 0 Å². The number of rotatable bonds is 8. The van der Waals surface area contributed by atoms with Crippen LogP contribution in [-0.2, 0) is 23.1 Å². The molecule has 0 saturated carbocycles. The third-order valence-electron chi connectivity index (χ3n) is 2.52. The second kappa shape index (κ2) is 8.73. The number of anilines is 1. The van der Waals surface area contributed by atoms with Gasteiger partial charge in [-0.1, -0.05) is 12.1 Å². The molecule has 0 aromatic heterocycles. The fourth-order valence-electron chi connectivity index (χ4n) is 1.65. The summed E-state index contributed by atoms with van der Waals surface area (Å²) >= 11 is 2.11. The number of hydrogen-bond donors (Lipinski definition) is 1. The van der Waals surface area contributed by atoms with Gasteiger partial charge in [0.2, 0.25) is 5.78 Å². The molecule has 0 amide bonds. The summed E-state index contributed by atoms with van der Waals surface area (Å²) in [4.78, 5) is 12.0. The van der Waals surface area contributed by atoms with Gasteiger partial charge in [-0.05, 0) is 48.6 Å². The quantitative estimate of drug-likeness (QED) is 0.389. The van der Waals surface area contributed by atoms with Gasteiger partial charge in [-0.2, -0.15) is 0 Å². The average molecular weight is 427 g/mol. The molecule has 0 spiro atoms. The first kappa shape index (κ1) is 18.4. The van der Waals surface area contributed by atoms with E-state index in [1.807, 2.05) is 18.2 Å². The minimum Gasteiger partial charge on any atom is -0.467 e. The minimum atomic E-state index is -3.68. The number of carbonyl (C=O) groups excluding carboxylic acids is 1. The zero-order chi connectivity index (χ0) is 15.9. The molecule has 0 aliphatic carbocycles. The van der Waals surface area contributed by atoms with Crippen LogP contribution in [0, 0.1) is 3.57 Å². The molecule has 0 aliphatic rings. The molecule has 6 nitrogen and oxygen atoms in total. The van der Waals surface area contributed by atoms with E-state index in [1.165, 1.54) is 7.11 Å². The highest BCUT2D eigenvalue weighted by molar-refractivity contribution is 14.1. The van der Waals surface area contributed by atoms with E-state index in [0.29, 0.717) is 5.69 Å². The molecule has 1 aromatic carbocycles. The van der Waals surface area contributed by atoms with Gasteiger partial charge in [0.1, 0.15) is 0 Å². The minimum absolute atomic E-state index is 0.165. The fourth-order valence-corrected chi connectivity index (χ4v) is 3.95. The van der Waals surface area contributed by atoms with Crippen molar-refractivity contribution in [1.29, 1.82) is 0 Å². The third-order valence-corrected chi connectivity index (χ3v) is 5.67. The van der Waals surface area contributed by atoms with Crippen molar-refractivity contribution in [3.63, 3.8) is 0 Å². The summed E-state index contributed by atoms with van der Waals surface area (Å²) in [6, 6.07) is 7.32. The second-order valence-electron chi connectivity index (χ2n) is 3.93. The van der Waals surface area contributed by atoms with Crippen molar-refractivity contribution in [2.75, 3.05) is 25.6 Å². The number of esters is 1. The smallest absolute Gasteiger partial charge is 0.364 e. The summed E-state index contributed by atoms with van der Waals surface area (Å²) in [5.41, 5.74) is 0.660. The molecular weight excluding hydrogens is 408 g/mol. The van der Waals surface area contributed by atoms with E-state index in [9.17, 15) is 9.36 Å². The molecular formula is C13H19INO5P. The van der Waals surface area contributed by atoms with Gasteiger partial charge in [-0.25, -0.2) is 4.79 Å². The van der Waals surface area contributed by atoms with E-state index in [0.717, 1.165) is 3.57 Å². The van der Waals surface area contributed by atoms with Gasteiger partial charge in [0.25, 0.3) is 0 Å². The lowest BCUT2D eigenvalue weighted by molar-refractivity contribution is -0.140. The van der Waals surface area contributed by atoms with Crippen molar-refractivity contribution < 1.29 is 23.1 Å². The van der Waals surface area contributed by atoms with Crippen LogP contribution >= 0.6 is 30.2 Å². The van der Waals surface area contributed by atoms with Crippen LogP contribution in [0.25, 0.3) is 0 Å². The molecule has 118 valence electrons. The third kappa shape index (κ3) is 4.95. The maximum absolute atomic E-state index is 12.8. The van der Waals surface area contributed by atoms with Crippen molar-refractivity contribution in [3.05, 3.63) is 27.8 Å². The summed E-state index contributed by atoms with van der Waals surface area (Å²) in [5, 5.41) is 2.91. The van der Waals surface area contributed by atoms with Crippen LogP contribution in [0.15, 0.2) is 24.3 Å². The van der Waals surface area contributed by atoms with Gasteiger partial charge in [0.05, 0.1) is 20.3 Å². The SMILES string of the molecule is CCOP(=O)(OCC)C(Nc1ccccc1I)C(=O)OC. The fraction of sp³-hybridized carbons (Fsp3) is 0.462. The van der Waals surface area contributed by atoms with Gasteiger partial charge in [0.15, 0.2) is 0 Å². The zero-order valence-electron chi connectivity index (χ0n) is 12.2. The normalized spacial score (nSPS) is 12.8. The topological polar surface area (TPSA) is 73.9 Å². The molecule has 0 heterocycles. The number of carbonyl (C=O) groups is 1. The Labute approximate surface area is 138 Å². The number of nitrogens with one attached hydrogen (secondary N) is 1. The number of halogens is 1. The number of para-hydroxylation sites is 1. The van der Waals surface area contributed by atoms with Crippen molar-refractivity contribution in [1.82, 2.24) is 0 Å². The predicted octanol–water partition coefficient (Wildman–Crippen LogP) is 3.47. The Morgan fingerprint density at radius 2 is 1.86 bits per heavy atom. The standard InChI is InChI=1S/C13H19INO5P/c1-4-19-21(17,20-5-2)12(13(16)18-3)15-11-9-7-6-8-10(11)14/h6-9,12,15H,4-5H2,1-3H3. The van der Waals surface area contributed by atoms with E-state index in [4.69, 9.17) is 13.8 Å². The Morgan fingerprint density at radius 1 is 1.29 bits per heavy atom. The van der Waals surface area contributed by atoms with Gasteiger partial charge < -0.3 is 19.1 Å². The maximum Gasteiger partial charge on any atom is 0.364 e. The molecule has 0 saturated heterocycles. The molecule has 1 atom stereocenters. The van der Waals surface area contributed by atoms with Crippen molar-refractivity contribution in [3.8, 4) is 0 Å². The number of ether oxygens (including phenoxy) is 1. The van der Waals surface area contributed by atoms with Crippen LogP contribution in [0.2, 0.25) is 0 Å². The van der Waals surface area contributed by atoms with Crippen LogP contribution in [0.4, 0.5) is 5.69 Å². The molecule has 21 heavy (non-hydrogen) atoms. The number of hydrogen-bond acceptors (Lipinski definition) is 6. The van der Waals surface area contributed by atoms with Crippen molar-refractivity contribution >= 4 is 41.8 Å². The highest BCUT2D eigenvalue weighted by Crippen LogP contribution is 2.53. The Morgan fingerprint density at radius 3 is 2.33 bits per heavy atom. The maximum atomic E-state index is 12.8. The van der Waals surface area contributed by atoms with Gasteiger partial charge in [-0.3, -0.25) is 4.57 Å². The van der Waals surface area contributed by atoms with E-state index in [1.54, 1.807) is 19.9 Å². The monoisotopic (exact) mass is 427 g/mol. The average Bonchev–Trinajstić information content (AvgIpc) is 2.46. The molecule has 0 bridgehead atoms. The summed E-state index contributed by atoms with van der Waals surface area (Å²) in [7, 11) is -2.45. The first-order valence-corrected chi connectivity index (χ1v) is 9.15. The molecule has 1 aromatic rings. The predicted molar refractivity (Wildman–Crippen MR) is 89.4 cm³/mol. The first-order chi connectivity index (χ1) is 9.98. The molecule has 0 aliphatic heterocycles. The Bertz CT molecular complexity index is 515. The number of methoxy groups -OCH3 is 1.